The van der Waals surface area contributed by atoms with Crippen LogP contribution in [0.5, 0.6) is 0 Å². The highest BCUT2D eigenvalue weighted by Gasteiger charge is 2.02. The summed E-state index contributed by atoms with van der Waals surface area (Å²) >= 11 is 0. The zero-order chi connectivity index (χ0) is 11.7. The Labute approximate surface area is 92.3 Å². The number of amides is 2. The van der Waals surface area contributed by atoms with Crippen molar-refractivity contribution in [3.05, 3.63) is 0 Å². The molecule has 0 aliphatic rings. The van der Waals surface area contributed by atoms with E-state index < -0.39 is 0 Å². The molecule has 0 spiro atoms. The topological polar surface area (TPSA) is 44.8 Å². The molecule has 0 aromatic carbocycles. The molecule has 0 atom stereocenters. The van der Waals surface area contributed by atoms with Gasteiger partial charge in [0.05, 0.1) is 6.61 Å². The summed E-state index contributed by atoms with van der Waals surface area (Å²) < 4.78 is 0. The first kappa shape index (κ1) is 14.2. The normalized spacial score (nSPS) is 10.5. The van der Waals surface area contributed by atoms with E-state index in [9.17, 15) is 4.79 Å². The van der Waals surface area contributed by atoms with Gasteiger partial charge in [-0.3, -0.25) is 4.84 Å². The van der Waals surface area contributed by atoms with Crippen LogP contribution < -0.4 is 5.32 Å². The van der Waals surface area contributed by atoms with Crippen LogP contribution in [0.1, 0.15) is 19.8 Å². The first-order valence-corrected chi connectivity index (χ1v) is 5.37. The molecule has 5 heteroatoms. The van der Waals surface area contributed by atoms with E-state index in [1.54, 1.807) is 14.1 Å². The van der Waals surface area contributed by atoms with Gasteiger partial charge in [0.25, 0.3) is 0 Å². The molecule has 0 rings (SSSR count). The van der Waals surface area contributed by atoms with E-state index in [0.717, 1.165) is 19.4 Å². The lowest BCUT2D eigenvalue weighted by Crippen LogP contribution is -2.37. The van der Waals surface area contributed by atoms with Crippen molar-refractivity contribution < 1.29 is 9.63 Å². The Morgan fingerprint density at radius 2 is 2.00 bits per heavy atom. The van der Waals surface area contributed by atoms with E-state index in [4.69, 9.17) is 4.84 Å². The SMILES string of the molecule is CCCCN(C)OCCNC(=O)N(C)C. The Kier molecular flexibility index (Phi) is 8.04. The van der Waals surface area contributed by atoms with Crippen LogP contribution in [0.4, 0.5) is 4.79 Å². The lowest BCUT2D eigenvalue weighted by atomic mass is 10.3. The van der Waals surface area contributed by atoms with Crippen LogP contribution in [-0.2, 0) is 4.84 Å². The summed E-state index contributed by atoms with van der Waals surface area (Å²) in [6.45, 7) is 4.12. The van der Waals surface area contributed by atoms with Gasteiger partial charge in [0, 0.05) is 34.2 Å². The van der Waals surface area contributed by atoms with Crippen molar-refractivity contribution in [2.24, 2.45) is 0 Å². The van der Waals surface area contributed by atoms with E-state index in [1.165, 1.54) is 4.90 Å². The molecule has 0 heterocycles. The van der Waals surface area contributed by atoms with Crippen LogP contribution in [-0.4, -0.2) is 56.8 Å². The fourth-order valence-electron chi connectivity index (χ4n) is 0.963. The molecule has 90 valence electrons. The number of hydroxylamine groups is 2. The number of urea groups is 1. The van der Waals surface area contributed by atoms with Crippen molar-refractivity contribution in [3.8, 4) is 0 Å². The Balaban J connectivity index is 3.34. The molecule has 0 saturated carbocycles. The quantitative estimate of drug-likeness (QED) is 0.509. The summed E-state index contributed by atoms with van der Waals surface area (Å²) in [6.07, 6.45) is 2.28. The Bertz CT molecular complexity index is 174. The van der Waals surface area contributed by atoms with Crippen molar-refractivity contribution in [3.63, 3.8) is 0 Å². The van der Waals surface area contributed by atoms with E-state index in [1.807, 2.05) is 12.1 Å². The van der Waals surface area contributed by atoms with Crippen molar-refractivity contribution in [2.45, 2.75) is 19.8 Å². The van der Waals surface area contributed by atoms with Crippen LogP contribution in [0.2, 0.25) is 0 Å². The number of hydrogen-bond donors (Lipinski definition) is 1. The Morgan fingerprint density at radius 3 is 2.53 bits per heavy atom. The van der Waals surface area contributed by atoms with Gasteiger partial charge in [0.2, 0.25) is 0 Å². The molecule has 0 radical (unpaired) electrons. The van der Waals surface area contributed by atoms with Gasteiger partial charge in [-0.1, -0.05) is 13.3 Å². The molecule has 0 aromatic rings. The van der Waals surface area contributed by atoms with Crippen molar-refractivity contribution in [1.82, 2.24) is 15.3 Å². The number of rotatable bonds is 7. The summed E-state index contributed by atoms with van der Waals surface area (Å²) in [7, 11) is 5.33. The predicted molar refractivity (Wildman–Crippen MR) is 60.6 cm³/mol. The third-order valence-corrected chi connectivity index (χ3v) is 1.92. The summed E-state index contributed by atoms with van der Waals surface area (Å²) in [5, 5.41) is 4.54. The minimum Gasteiger partial charge on any atom is -0.336 e. The molecular weight excluding hydrogens is 194 g/mol. The Hall–Kier alpha value is -0.810. The van der Waals surface area contributed by atoms with Crippen LogP contribution in [0, 0.1) is 0 Å². The second-order valence-electron chi connectivity index (χ2n) is 3.66. The molecular formula is C10H23N3O2. The molecule has 1 N–H and O–H groups in total. The van der Waals surface area contributed by atoms with Gasteiger partial charge in [-0.2, -0.15) is 5.06 Å². The minimum atomic E-state index is -0.0881. The van der Waals surface area contributed by atoms with Crippen molar-refractivity contribution in [1.29, 1.82) is 0 Å². The number of carbonyl (C=O) groups excluding carboxylic acids is 1. The Morgan fingerprint density at radius 1 is 1.33 bits per heavy atom. The summed E-state index contributed by atoms with van der Waals surface area (Å²) in [4.78, 5) is 18.0. The number of nitrogens with zero attached hydrogens (tertiary/aromatic N) is 2. The zero-order valence-electron chi connectivity index (χ0n) is 10.2. The zero-order valence-corrected chi connectivity index (χ0v) is 10.2. The summed E-state index contributed by atoms with van der Waals surface area (Å²) in [6, 6.07) is -0.0881. The van der Waals surface area contributed by atoms with E-state index in [2.05, 4.69) is 12.2 Å². The smallest absolute Gasteiger partial charge is 0.316 e. The van der Waals surface area contributed by atoms with Crippen molar-refractivity contribution in [2.75, 3.05) is 40.8 Å². The lowest BCUT2D eigenvalue weighted by molar-refractivity contribution is -0.137. The van der Waals surface area contributed by atoms with Gasteiger partial charge in [-0.25, -0.2) is 4.79 Å². The third-order valence-electron chi connectivity index (χ3n) is 1.92. The maximum Gasteiger partial charge on any atom is 0.316 e. The highest BCUT2D eigenvalue weighted by Crippen LogP contribution is 1.91. The van der Waals surface area contributed by atoms with Crippen LogP contribution in [0.15, 0.2) is 0 Å². The van der Waals surface area contributed by atoms with Gasteiger partial charge < -0.3 is 10.2 Å². The predicted octanol–water partition coefficient (Wildman–Crippen LogP) is 0.921. The summed E-state index contributed by atoms with van der Waals surface area (Å²) in [5.41, 5.74) is 0. The number of unbranched alkanes of at least 4 members (excludes halogenated alkanes) is 1. The molecule has 0 aliphatic heterocycles. The highest BCUT2D eigenvalue weighted by molar-refractivity contribution is 5.73. The fraction of sp³-hybridized carbons (Fsp3) is 0.900. The molecule has 0 saturated heterocycles. The molecule has 0 fully saturated rings. The maximum absolute atomic E-state index is 11.1. The van der Waals surface area contributed by atoms with Crippen molar-refractivity contribution >= 4 is 6.03 Å². The summed E-state index contributed by atoms with van der Waals surface area (Å²) in [5.74, 6) is 0. The monoisotopic (exact) mass is 217 g/mol. The number of carbonyl (C=O) groups is 1. The van der Waals surface area contributed by atoms with Gasteiger partial charge in [0.15, 0.2) is 0 Å². The second-order valence-corrected chi connectivity index (χ2v) is 3.66. The standard InChI is InChI=1S/C10H23N3O2/c1-5-6-8-13(4)15-9-7-11-10(14)12(2)3/h5-9H2,1-4H3,(H,11,14). The third kappa shape index (κ3) is 8.20. The molecule has 5 nitrogen and oxygen atoms in total. The number of nitrogens with one attached hydrogen (secondary N) is 1. The van der Waals surface area contributed by atoms with E-state index in [-0.39, 0.29) is 6.03 Å². The second kappa shape index (κ2) is 8.49. The first-order valence-electron chi connectivity index (χ1n) is 5.37. The molecule has 0 aromatic heterocycles. The average molecular weight is 217 g/mol. The van der Waals surface area contributed by atoms with E-state index in [0.29, 0.717) is 13.2 Å². The lowest BCUT2D eigenvalue weighted by Gasteiger charge is -2.17. The maximum atomic E-state index is 11.1. The molecule has 0 unspecified atom stereocenters. The average Bonchev–Trinajstić information content (AvgIpc) is 2.20. The van der Waals surface area contributed by atoms with Crippen LogP contribution >= 0.6 is 0 Å². The first-order chi connectivity index (χ1) is 7.07. The molecule has 15 heavy (non-hydrogen) atoms. The fourth-order valence-corrected chi connectivity index (χ4v) is 0.963. The molecule has 2 amide bonds. The number of hydrogen-bond acceptors (Lipinski definition) is 3. The minimum absolute atomic E-state index is 0.0881. The van der Waals surface area contributed by atoms with Gasteiger partial charge in [-0.05, 0) is 6.42 Å². The van der Waals surface area contributed by atoms with Crippen LogP contribution in [0.3, 0.4) is 0 Å². The highest BCUT2D eigenvalue weighted by atomic mass is 16.7. The van der Waals surface area contributed by atoms with Crippen LogP contribution in [0.25, 0.3) is 0 Å². The van der Waals surface area contributed by atoms with Gasteiger partial charge >= 0.3 is 6.03 Å². The van der Waals surface area contributed by atoms with E-state index >= 15 is 0 Å². The van der Waals surface area contributed by atoms with Gasteiger partial charge in [-0.15, -0.1) is 0 Å². The molecule has 0 aliphatic carbocycles. The van der Waals surface area contributed by atoms with Gasteiger partial charge in [0.1, 0.15) is 0 Å². The molecule has 0 bridgehead atoms. The largest absolute Gasteiger partial charge is 0.336 e.